The quantitative estimate of drug-likeness (QED) is 0.771. The van der Waals surface area contributed by atoms with Crippen LogP contribution < -0.4 is 5.32 Å². The molecule has 1 saturated carbocycles. The van der Waals surface area contributed by atoms with Crippen molar-refractivity contribution < 1.29 is 14.3 Å². The molecule has 0 aromatic heterocycles. The van der Waals surface area contributed by atoms with E-state index in [1.165, 1.54) is 6.42 Å². The number of hydrogen-bond donors (Lipinski definition) is 1. The average Bonchev–Trinajstić information content (AvgIpc) is 3.39. The highest BCUT2D eigenvalue weighted by molar-refractivity contribution is 5.98. The van der Waals surface area contributed by atoms with Gasteiger partial charge >= 0.3 is 0 Å². The minimum absolute atomic E-state index is 0.00375. The van der Waals surface area contributed by atoms with Crippen molar-refractivity contribution in [2.45, 2.75) is 58.0 Å². The molecule has 1 saturated heterocycles. The number of nitrogens with zero attached hydrogens (tertiary/aromatic N) is 1. The molecule has 2 atom stereocenters. The number of benzene rings is 1. The molecular weight excluding hydrogens is 364 g/mol. The van der Waals surface area contributed by atoms with Crippen molar-refractivity contribution in [2.24, 2.45) is 11.3 Å². The second kappa shape index (κ2) is 8.31. The van der Waals surface area contributed by atoms with Crippen LogP contribution in [0.1, 0.15) is 60.9 Å². The highest BCUT2D eigenvalue weighted by Crippen LogP contribution is 2.46. The zero-order valence-corrected chi connectivity index (χ0v) is 17.6. The molecule has 156 valence electrons. The van der Waals surface area contributed by atoms with Gasteiger partial charge in [-0.3, -0.25) is 9.59 Å². The van der Waals surface area contributed by atoms with Crippen LogP contribution in [0.2, 0.25) is 0 Å². The Balaban J connectivity index is 1.49. The summed E-state index contributed by atoms with van der Waals surface area (Å²) in [5.41, 5.74) is 2.49. The molecule has 1 N–H and O–H groups in total. The largest absolute Gasteiger partial charge is 0.381 e. The summed E-state index contributed by atoms with van der Waals surface area (Å²) in [5.74, 6) is 0.0985. The van der Waals surface area contributed by atoms with E-state index in [1.54, 1.807) is 7.11 Å². The number of piperidine rings is 1. The number of allylic oxidation sites excluding steroid dienone is 2. The van der Waals surface area contributed by atoms with Crippen LogP contribution in [-0.4, -0.2) is 43.0 Å². The Hall–Kier alpha value is -2.14. The number of likely N-dealkylation sites (tertiary alicyclic amines) is 1. The first-order valence-electron chi connectivity index (χ1n) is 10.9. The van der Waals surface area contributed by atoms with Crippen molar-refractivity contribution >= 4 is 17.5 Å². The number of hydrogen-bond acceptors (Lipinski definition) is 3. The zero-order chi connectivity index (χ0) is 20.4. The van der Waals surface area contributed by atoms with Gasteiger partial charge in [0.05, 0.1) is 6.10 Å². The normalized spacial score (nSPS) is 27.0. The third-order valence-electron chi connectivity index (χ3n) is 7.13. The van der Waals surface area contributed by atoms with Gasteiger partial charge in [0.2, 0.25) is 5.91 Å². The fraction of sp³-hybridized carbons (Fsp3) is 0.583. The first-order valence-corrected chi connectivity index (χ1v) is 10.9. The van der Waals surface area contributed by atoms with Gasteiger partial charge in [0.15, 0.2) is 0 Å². The van der Waals surface area contributed by atoms with Crippen LogP contribution in [0.25, 0.3) is 0 Å². The molecule has 0 unspecified atom stereocenters. The molecule has 0 bridgehead atoms. The summed E-state index contributed by atoms with van der Waals surface area (Å²) in [6.07, 6.45) is 11.5. The summed E-state index contributed by atoms with van der Waals surface area (Å²) < 4.78 is 5.77. The molecule has 29 heavy (non-hydrogen) atoms. The van der Waals surface area contributed by atoms with Gasteiger partial charge in [-0.1, -0.05) is 24.6 Å². The van der Waals surface area contributed by atoms with E-state index in [-0.39, 0.29) is 29.3 Å². The van der Waals surface area contributed by atoms with Crippen molar-refractivity contribution in [3.05, 3.63) is 41.5 Å². The highest BCUT2D eigenvalue weighted by atomic mass is 16.5. The number of methoxy groups -OCH3 is 1. The Kier molecular flexibility index (Phi) is 5.77. The lowest BCUT2D eigenvalue weighted by atomic mass is 9.76. The number of carbonyl (C=O) groups excluding carboxylic acids is 2. The van der Waals surface area contributed by atoms with Crippen molar-refractivity contribution in [1.29, 1.82) is 0 Å². The van der Waals surface area contributed by atoms with E-state index in [0.29, 0.717) is 5.56 Å². The topological polar surface area (TPSA) is 58.6 Å². The Morgan fingerprint density at radius 1 is 1.17 bits per heavy atom. The van der Waals surface area contributed by atoms with E-state index in [1.807, 2.05) is 30.0 Å². The van der Waals surface area contributed by atoms with Crippen LogP contribution in [0.3, 0.4) is 0 Å². The van der Waals surface area contributed by atoms with E-state index >= 15 is 0 Å². The van der Waals surface area contributed by atoms with Crippen LogP contribution in [0.15, 0.2) is 30.4 Å². The van der Waals surface area contributed by atoms with Crippen LogP contribution in [0.5, 0.6) is 0 Å². The SMILES string of the molecule is CO[C@@H]1CCC[C@]12CCCN(C(=O)c1ccc(C)c(NC(=O)C3CC=CC3)c1)C2. The monoisotopic (exact) mass is 396 g/mol. The number of nitrogens with one attached hydrogen (secondary N) is 1. The molecule has 1 aliphatic heterocycles. The number of amides is 2. The van der Waals surface area contributed by atoms with Crippen LogP contribution in [0.4, 0.5) is 5.69 Å². The first kappa shape index (κ1) is 20.1. The summed E-state index contributed by atoms with van der Waals surface area (Å²) in [4.78, 5) is 27.8. The lowest BCUT2D eigenvalue weighted by Gasteiger charge is -2.43. The molecule has 2 fully saturated rings. The first-order chi connectivity index (χ1) is 14.0. The van der Waals surface area contributed by atoms with Crippen molar-refractivity contribution in [3.8, 4) is 0 Å². The van der Waals surface area contributed by atoms with Crippen molar-refractivity contribution in [3.63, 3.8) is 0 Å². The third-order valence-corrected chi connectivity index (χ3v) is 7.13. The lowest BCUT2D eigenvalue weighted by molar-refractivity contribution is -0.119. The van der Waals surface area contributed by atoms with E-state index in [2.05, 4.69) is 17.5 Å². The zero-order valence-electron chi connectivity index (χ0n) is 17.6. The Morgan fingerprint density at radius 2 is 1.93 bits per heavy atom. The summed E-state index contributed by atoms with van der Waals surface area (Å²) >= 11 is 0. The maximum absolute atomic E-state index is 13.3. The van der Waals surface area contributed by atoms with Gasteiger partial charge in [-0.2, -0.15) is 0 Å². The number of ether oxygens (including phenoxy) is 1. The maximum atomic E-state index is 13.3. The molecule has 2 aliphatic carbocycles. The summed E-state index contributed by atoms with van der Waals surface area (Å²) in [6.45, 7) is 3.53. The van der Waals surface area contributed by atoms with Gasteiger partial charge < -0.3 is 15.0 Å². The smallest absolute Gasteiger partial charge is 0.253 e. The highest BCUT2D eigenvalue weighted by Gasteiger charge is 2.46. The van der Waals surface area contributed by atoms with Gasteiger partial charge in [0.1, 0.15) is 0 Å². The molecule has 5 heteroatoms. The van der Waals surface area contributed by atoms with Gasteiger partial charge in [-0.15, -0.1) is 0 Å². The number of carbonyl (C=O) groups is 2. The second-order valence-corrected chi connectivity index (χ2v) is 8.97. The van der Waals surface area contributed by atoms with Crippen LogP contribution >= 0.6 is 0 Å². The molecule has 1 aromatic carbocycles. The minimum atomic E-state index is 0.00375. The maximum Gasteiger partial charge on any atom is 0.253 e. The van der Waals surface area contributed by atoms with E-state index in [9.17, 15) is 9.59 Å². The van der Waals surface area contributed by atoms with E-state index in [4.69, 9.17) is 4.74 Å². The summed E-state index contributed by atoms with van der Waals surface area (Å²) in [5, 5.41) is 3.05. The molecule has 2 amide bonds. The second-order valence-electron chi connectivity index (χ2n) is 8.97. The fourth-order valence-corrected chi connectivity index (χ4v) is 5.41. The number of anilines is 1. The van der Waals surface area contributed by atoms with E-state index in [0.717, 1.165) is 62.9 Å². The number of aryl methyl sites for hydroxylation is 1. The molecule has 5 nitrogen and oxygen atoms in total. The van der Waals surface area contributed by atoms with Gasteiger partial charge in [0, 0.05) is 42.8 Å². The summed E-state index contributed by atoms with van der Waals surface area (Å²) in [6, 6.07) is 5.67. The standard InChI is InChI=1S/C24H32N2O3/c1-17-10-11-19(15-20(17)25-22(27)18-7-3-4-8-18)23(28)26-14-6-13-24(16-26)12-5-9-21(24)29-2/h3-4,10-11,15,18,21H,5-9,12-14,16H2,1-2H3,(H,25,27)/t21-,24-/m1/s1. The molecule has 1 aromatic rings. The predicted molar refractivity (Wildman–Crippen MR) is 114 cm³/mol. The molecule has 1 spiro atoms. The minimum Gasteiger partial charge on any atom is -0.381 e. The van der Waals surface area contributed by atoms with Crippen molar-refractivity contribution in [2.75, 3.05) is 25.5 Å². The van der Waals surface area contributed by atoms with Crippen molar-refractivity contribution in [1.82, 2.24) is 4.90 Å². The Morgan fingerprint density at radius 3 is 2.69 bits per heavy atom. The molecule has 1 heterocycles. The Labute approximate surface area is 173 Å². The van der Waals surface area contributed by atoms with Crippen LogP contribution in [-0.2, 0) is 9.53 Å². The Bertz CT molecular complexity index is 810. The van der Waals surface area contributed by atoms with Gasteiger partial charge in [-0.05, 0) is 63.1 Å². The third kappa shape index (κ3) is 3.97. The lowest BCUT2D eigenvalue weighted by Crippen LogP contribution is -2.49. The average molecular weight is 397 g/mol. The molecule has 3 aliphatic rings. The molecular formula is C24H32N2O3. The summed E-state index contributed by atoms with van der Waals surface area (Å²) in [7, 11) is 1.80. The molecule has 4 rings (SSSR count). The number of rotatable bonds is 4. The fourth-order valence-electron chi connectivity index (χ4n) is 5.41. The van der Waals surface area contributed by atoms with E-state index < -0.39 is 0 Å². The van der Waals surface area contributed by atoms with Gasteiger partial charge in [0.25, 0.3) is 5.91 Å². The van der Waals surface area contributed by atoms with Gasteiger partial charge in [-0.25, -0.2) is 0 Å². The van der Waals surface area contributed by atoms with Crippen LogP contribution in [0, 0.1) is 18.3 Å². The molecule has 0 radical (unpaired) electrons. The predicted octanol–water partition coefficient (Wildman–Crippen LogP) is 4.32.